The molecule has 0 aliphatic heterocycles. The van der Waals surface area contributed by atoms with Crippen molar-refractivity contribution in [3.63, 3.8) is 0 Å². The molecule has 208 valence electrons. The van der Waals surface area contributed by atoms with E-state index >= 15 is 0 Å². The smallest absolute Gasteiger partial charge is 0.261 e. The highest BCUT2D eigenvalue weighted by atomic mass is 32.1. The van der Waals surface area contributed by atoms with Gasteiger partial charge in [-0.3, -0.25) is 19.3 Å². The second-order valence-corrected chi connectivity index (χ2v) is 11.4. The number of thiophene rings is 1. The fourth-order valence-electron chi connectivity index (χ4n) is 4.56. The lowest BCUT2D eigenvalue weighted by atomic mass is 9.97. The summed E-state index contributed by atoms with van der Waals surface area (Å²) in [5.74, 6) is -0.220. The average molecular weight is 552 g/mol. The van der Waals surface area contributed by atoms with Crippen molar-refractivity contribution in [3.05, 3.63) is 75.0 Å². The highest BCUT2D eigenvalue weighted by Gasteiger charge is 2.36. The summed E-state index contributed by atoms with van der Waals surface area (Å²) >= 11 is 1.29. The molecular formula is C30H37N3O5S. The third kappa shape index (κ3) is 7.17. The van der Waals surface area contributed by atoms with Gasteiger partial charge in [-0.1, -0.05) is 29.8 Å². The molecule has 0 aliphatic rings. The maximum absolute atomic E-state index is 14.0. The van der Waals surface area contributed by atoms with E-state index < -0.39 is 17.5 Å². The fourth-order valence-corrected chi connectivity index (χ4v) is 5.20. The molecule has 0 radical (unpaired) electrons. The molecule has 1 heterocycles. The number of ether oxygens (including phenoxy) is 2. The van der Waals surface area contributed by atoms with Crippen LogP contribution in [0.15, 0.2) is 47.8 Å². The molecule has 3 rings (SSSR count). The van der Waals surface area contributed by atoms with Gasteiger partial charge >= 0.3 is 0 Å². The van der Waals surface area contributed by atoms with Gasteiger partial charge in [-0.25, -0.2) is 0 Å². The number of anilines is 1. The Morgan fingerprint density at radius 3 is 2.13 bits per heavy atom. The summed E-state index contributed by atoms with van der Waals surface area (Å²) in [6.07, 6.45) is 0. The van der Waals surface area contributed by atoms with Gasteiger partial charge in [-0.05, 0) is 81.8 Å². The second kappa shape index (κ2) is 12.3. The van der Waals surface area contributed by atoms with E-state index in [9.17, 15) is 14.4 Å². The minimum Gasteiger partial charge on any atom is -0.493 e. The third-order valence-electron chi connectivity index (χ3n) is 6.02. The molecule has 8 nitrogen and oxygen atoms in total. The van der Waals surface area contributed by atoms with Crippen molar-refractivity contribution in [2.24, 2.45) is 0 Å². The molecule has 0 unspecified atom stereocenters. The van der Waals surface area contributed by atoms with Crippen LogP contribution in [-0.4, -0.2) is 44.0 Å². The number of nitrogens with zero attached hydrogens (tertiary/aromatic N) is 1. The first kappa shape index (κ1) is 29.7. The Morgan fingerprint density at radius 1 is 0.949 bits per heavy atom. The van der Waals surface area contributed by atoms with Crippen molar-refractivity contribution in [1.29, 1.82) is 0 Å². The molecule has 3 aromatic rings. The van der Waals surface area contributed by atoms with Gasteiger partial charge in [0.2, 0.25) is 11.8 Å². The number of aryl methyl sites for hydroxylation is 3. The summed E-state index contributed by atoms with van der Waals surface area (Å²) in [6, 6.07) is 11.5. The third-order valence-corrected chi connectivity index (χ3v) is 6.89. The highest BCUT2D eigenvalue weighted by Crippen LogP contribution is 2.37. The van der Waals surface area contributed by atoms with E-state index in [1.165, 1.54) is 30.5 Å². The normalized spacial score (nSPS) is 11.9. The van der Waals surface area contributed by atoms with E-state index in [0.29, 0.717) is 27.6 Å². The van der Waals surface area contributed by atoms with E-state index in [0.717, 1.165) is 16.7 Å². The predicted molar refractivity (Wildman–Crippen MR) is 155 cm³/mol. The summed E-state index contributed by atoms with van der Waals surface area (Å²) in [7, 11) is 3.05. The lowest BCUT2D eigenvalue weighted by molar-refractivity contribution is -0.127. The Balaban J connectivity index is 2.18. The maximum atomic E-state index is 14.0. The van der Waals surface area contributed by atoms with Gasteiger partial charge in [0.15, 0.2) is 11.5 Å². The minimum absolute atomic E-state index is 0.296. The molecule has 0 saturated carbocycles. The number of nitrogens with one attached hydrogen (secondary N) is 2. The zero-order valence-corrected chi connectivity index (χ0v) is 24.6. The molecule has 0 bridgehead atoms. The Hall–Kier alpha value is -3.85. The van der Waals surface area contributed by atoms with E-state index in [-0.39, 0.29) is 18.4 Å². The van der Waals surface area contributed by atoms with Crippen molar-refractivity contribution >= 4 is 34.7 Å². The first-order chi connectivity index (χ1) is 18.4. The average Bonchev–Trinajstić information content (AvgIpc) is 3.40. The number of carbonyl (C=O) groups is 3. The van der Waals surface area contributed by atoms with E-state index in [4.69, 9.17) is 9.47 Å². The Kier molecular flexibility index (Phi) is 9.40. The lowest BCUT2D eigenvalue weighted by Gasteiger charge is -2.35. The van der Waals surface area contributed by atoms with E-state index in [1.807, 2.05) is 53.7 Å². The van der Waals surface area contributed by atoms with Gasteiger partial charge in [-0.2, -0.15) is 0 Å². The van der Waals surface area contributed by atoms with Crippen LogP contribution >= 0.6 is 11.3 Å². The molecule has 0 aliphatic carbocycles. The standard InChI is InChI=1S/C30H37N3O5S/c1-18-14-19(2)26(20(3)15-18)33(25(34)17-31-28(35)24-10-9-13-39-24)27(29(36)32-30(4,5)6)21-11-12-22(37-7)23(16-21)38-8/h9-16,27H,17H2,1-8H3,(H,31,35)(H,32,36)/t27-/m1/s1. The quantitative estimate of drug-likeness (QED) is 0.385. The zero-order valence-electron chi connectivity index (χ0n) is 23.8. The fraction of sp³-hybridized carbons (Fsp3) is 0.367. The highest BCUT2D eigenvalue weighted by molar-refractivity contribution is 7.12. The monoisotopic (exact) mass is 551 g/mol. The Bertz CT molecular complexity index is 1320. The molecule has 3 amide bonds. The van der Waals surface area contributed by atoms with Gasteiger partial charge in [0.25, 0.3) is 5.91 Å². The molecule has 1 atom stereocenters. The molecule has 2 N–H and O–H groups in total. The number of rotatable bonds is 9. The van der Waals surface area contributed by atoms with Gasteiger partial charge in [0.05, 0.1) is 31.3 Å². The molecule has 39 heavy (non-hydrogen) atoms. The molecule has 0 spiro atoms. The number of hydrogen-bond acceptors (Lipinski definition) is 6. The SMILES string of the molecule is COc1ccc([C@H](C(=O)NC(C)(C)C)N(C(=O)CNC(=O)c2cccs2)c2c(C)cc(C)cc2C)cc1OC. The van der Waals surface area contributed by atoms with Gasteiger partial charge in [0.1, 0.15) is 6.04 Å². The molecule has 0 saturated heterocycles. The van der Waals surface area contributed by atoms with E-state index in [2.05, 4.69) is 10.6 Å². The molecule has 1 aromatic heterocycles. The first-order valence-corrected chi connectivity index (χ1v) is 13.5. The maximum Gasteiger partial charge on any atom is 0.261 e. The summed E-state index contributed by atoms with van der Waals surface area (Å²) in [4.78, 5) is 42.7. The minimum atomic E-state index is -1.06. The van der Waals surface area contributed by atoms with Crippen molar-refractivity contribution in [1.82, 2.24) is 10.6 Å². The van der Waals surface area contributed by atoms with Crippen LogP contribution in [-0.2, 0) is 9.59 Å². The zero-order chi connectivity index (χ0) is 28.9. The number of methoxy groups -OCH3 is 2. The summed E-state index contributed by atoms with van der Waals surface area (Å²) in [6.45, 7) is 11.1. The number of amides is 3. The van der Waals surface area contributed by atoms with E-state index in [1.54, 1.807) is 35.7 Å². The van der Waals surface area contributed by atoms with Crippen LogP contribution in [0, 0.1) is 20.8 Å². The molecule has 0 fully saturated rings. The van der Waals surface area contributed by atoms with Crippen molar-refractivity contribution in [2.75, 3.05) is 25.7 Å². The summed E-state index contributed by atoms with van der Waals surface area (Å²) in [5.41, 5.74) is 3.28. The van der Waals surface area contributed by atoms with Crippen LogP contribution in [0.5, 0.6) is 11.5 Å². The molecule has 2 aromatic carbocycles. The van der Waals surface area contributed by atoms with Gasteiger partial charge in [0, 0.05) is 5.54 Å². The number of benzene rings is 2. The first-order valence-electron chi connectivity index (χ1n) is 12.6. The Morgan fingerprint density at radius 2 is 1.59 bits per heavy atom. The van der Waals surface area contributed by atoms with Crippen molar-refractivity contribution in [2.45, 2.75) is 53.1 Å². The largest absolute Gasteiger partial charge is 0.493 e. The molecule has 9 heteroatoms. The van der Waals surface area contributed by atoms with Crippen LogP contribution in [0.25, 0.3) is 0 Å². The van der Waals surface area contributed by atoms with Crippen LogP contribution < -0.4 is 25.0 Å². The van der Waals surface area contributed by atoms with Crippen LogP contribution in [0.3, 0.4) is 0 Å². The van der Waals surface area contributed by atoms with Crippen LogP contribution in [0.2, 0.25) is 0 Å². The van der Waals surface area contributed by atoms with Crippen molar-refractivity contribution in [3.8, 4) is 11.5 Å². The van der Waals surface area contributed by atoms with Gasteiger partial charge < -0.3 is 20.1 Å². The summed E-state index contributed by atoms with van der Waals surface area (Å²) in [5, 5.41) is 7.56. The van der Waals surface area contributed by atoms with Crippen LogP contribution in [0.1, 0.15) is 58.7 Å². The Labute approximate surface area is 234 Å². The van der Waals surface area contributed by atoms with Crippen molar-refractivity contribution < 1.29 is 23.9 Å². The second-order valence-electron chi connectivity index (χ2n) is 10.4. The lowest BCUT2D eigenvalue weighted by Crippen LogP contribution is -2.51. The molecular weight excluding hydrogens is 514 g/mol. The topological polar surface area (TPSA) is 97.0 Å². The van der Waals surface area contributed by atoms with Crippen LogP contribution in [0.4, 0.5) is 5.69 Å². The number of hydrogen-bond donors (Lipinski definition) is 2. The van der Waals surface area contributed by atoms with Gasteiger partial charge in [-0.15, -0.1) is 11.3 Å². The predicted octanol–water partition coefficient (Wildman–Crippen LogP) is 5.11. The number of carbonyl (C=O) groups excluding carboxylic acids is 3. The summed E-state index contributed by atoms with van der Waals surface area (Å²) < 4.78 is 10.9.